The SMILES string of the molecule is CCOC(=O)Cc1csc(NC2Cc3ccccc3C2)n1. The van der Waals surface area contributed by atoms with Crippen LogP contribution in [0.15, 0.2) is 29.6 Å². The van der Waals surface area contributed by atoms with E-state index in [1.54, 1.807) is 11.3 Å². The first-order valence-corrected chi connectivity index (χ1v) is 8.06. The highest BCUT2D eigenvalue weighted by Gasteiger charge is 2.21. The lowest BCUT2D eigenvalue weighted by atomic mass is 10.1. The minimum atomic E-state index is -0.220. The normalized spacial score (nSPS) is 14.0. The molecule has 0 radical (unpaired) electrons. The second-order valence-corrected chi connectivity index (χ2v) is 6.00. The van der Waals surface area contributed by atoms with Gasteiger partial charge in [0.05, 0.1) is 18.7 Å². The fourth-order valence-electron chi connectivity index (χ4n) is 2.65. The Morgan fingerprint density at radius 2 is 2.10 bits per heavy atom. The van der Waals surface area contributed by atoms with Crippen molar-refractivity contribution in [3.63, 3.8) is 0 Å². The van der Waals surface area contributed by atoms with E-state index >= 15 is 0 Å². The number of benzene rings is 1. The molecule has 5 heteroatoms. The van der Waals surface area contributed by atoms with Crippen molar-refractivity contribution < 1.29 is 9.53 Å². The van der Waals surface area contributed by atoms with Crippen molar-refractivity contribution in [3.05, 3.63) is 46.5 Å². The van der Waals surface area contributed by atoms with Crippen molar-refractivity contribution in [2.24, 2.45) is 0 Å². The molecule has 0 aliphatic heterocycles. The maximum atomic E-state index is 11.4. The summed E-state index contributed by atoms with van der Waals surface area (Å²) in [5, 5.41) is 6.27. The van der Waals surface area contributed by atoms with Crippen LogP contribution in [0.2, 0.25) is 0 Å². The Balaban J connectivity index is 1.58. The minimum Gasteiger partial charge on any atom is -0.466 e. The van der Waals surface area contributed by atoms with E-state index < -0.39 is 0 Å². The number of carbonyl (C=O) groups is 1. The summed E-state index contributed by atoms with van der Waals surface area (Å²) in [6.45, 7) is 2.22. The van der Waals surface area contributed by atoms with Gasteiger partial charge in [-0.2, -0.15) is 0 Å². The van der Waals surface area contributed by atoms with Crippen LogP contribution in [0.25, 0.3) is 0 Å². The summed E-state index contributed by atoms with van der Waals surface area (Å²) in [4.78, 5) is 15.9. The van der Waals surface area contributed by atoms with Crippen LogP contribution in [0, 0.1) is 0 Å². The number of esters is 1. The third kappa shape index (κ3) is 3.42. The molecule has 0 saturated carbocycles. The molecule has 1 N–H and O–H groups in total. The van der Waals surface area contributed by atoms with Gasteiger partial charge in [0.25, 0.3) is 0 Å². The molecule has 1 heterocycles. The highest BCUT2D eigenvalue weighted by atomic mass is 32.1. The van der Waals surface area contributed by atoms with Gasteiger partial charge in [-0.05, 0) is 30.9 Å². The number of aromatic nitrogens is 1. The Bertz CT molecular complexity index is 614. The summed E-state index contributed by atoms with van der Waals surface area (Å²) in [5.74, 6) is -0.220. The van der Waals surface area contributed by atoms with E-state index in [2.05, 4.69) is 34.6 Å². The number of anilines is 1. The summed E-state index contributed by atoms with van der Waals surface area (Å²) in [6.07, 6.45) is 2.31. The van der Waals surface area contributed by atoms with Crippen LogP contribution in [0.1, 0.15) is 23.7 Å². The topological polar surface area (TPSA) is 51.2 Å². The summed E-state index contributed by atoms with van der Waals surface area (Å²) in [5.41, 5.74) is 3.60. The van der Waals surface area contributed by atoms with Crippen LogP contribution in [-0.2, 0) is 28.8 Å². The van der Waals surface area contributed by atoms with Crippen LogP contribution in [-0.4, -0.2) is 23.6 Å². The summed E-state index contributed by atoms with van der Waals surface area (Å²) in [7, 11) is 0. The number of fused-ring (bicyclic) bond motifs is 1. The number of rotatable bonds is 5. The van der Waals surface area contributed by atoms with Gasteiger partial charge in [-0.3, -0.25) is 4.79 Å². The maximum absolute atomic E-state index is 11.4. The van der Waals surface area contributed by atoms with Gasteiger partial charge in [0.2, 0.25) is 0 Å². The molecule has 0 amide bonds. The first-order valence-electron chi connectivity index (χ1n) is 7.18. The predicted molar refractivity (Wildman–Crippen MR) is 83.7 cm³/mol. The Kier molecular flexibility index (Phi) is 4.20. The lowest BCUT2D eigenvalue weighted by Gasteiger charge is -2.09. The van der Waals surface area contributed by atoms with Gasteiger partial charge >= 0.3 is 5.97 Å². The number of hydrogen-bond acceptors (Lipinski definition) is 5. The minimum absolute atomic E-state index is 0.220. The van der Waals surface area contributed by atoms with Crippen LogP contribution < -0.4 is 5.32 Å². The van der Waals surface area contributed by atoms with E-state index in [-0.39, 0.29) is 12.4 Å². The average molecular weight is 302 g/mol. The molecular weight excluding hydrogens is 284 g/mol. The molecule has 3 rings (SSSR count). The molecule has 0 unspecified atom stereocenters. The molecule has 0 atom stereocenters. The van der Waals surface area contributed by atoms with E-state index in [0.29, 0.717) is 12.6 Å². The standard InChI is InChI=1S/C16H18N2O2S/c1-2-20-15(19)9-14-10-21-16(18-14)17-13-7-11-5-3-4-6-12(11)8-13/h3-6,10,13H,2,7-9H2,1H3,(H,17,18). The van der Waals surface area contributed by atoms with Crippen molar-refractivity contribution in [3.8, 4) is 0 Å². The van der Waals surface area contributed by atoms with Gasteiger partial charge in [-0.25, -0.2) is 4.98 Å². The number of nitrogens with one attached hydrogen (secondary N) is 1. The van der Waals surface area contributed by atoms with Gasteiger partial charge in [0.15, 0.2) is 5.13 Å². The lowest BCUT2D eigenvalue weighted by Crippen LogP contribution is -2.19. The molecule has 1 aromatic carbocycles. The number of carbonyl (C=O) groups excluding carboxylic acids is 1. The predicted octanol–water partition coefficient (Wildman–Crippen LogP) is 2.83. The molecule has 0 fully saturated rings. The summed E-state index contributed by atoms with van der Waals surface area (Å²) < 4.78 is 4.94. The Hall–Kier alpha value is -1.88. The second-order valence-electron chi connectivity index (χ2n) is 5.14. The highest BCUT2D eigenvalue weighted by molar-refractivity contribution is 7.13. The Morgan fingerprint density at radius 1 is 1.38 bits per heavy atom. The maximum Gasteiger partial charge on any atom is 0.311 e. The molecule has 2 aromatic rings. The van der Waals surface area contributed by atoms with Gasteiger partial charge < -0.3 is 10.1 Å². The highest BCUT2D eigenvalue weighted by Crippen LogP contribution is 2.25. The second kappa shape index (κ2) is 6.26. The number of hydrogen-bond donors (Lipinski definition) is 1. The molecule has 1 aliphatic carbocycles. The van der Waals surface area contributed by atoms with E-state index in [0.717, 1.165) is 23.7 Å². The fourth-order valence-corrected chi connectivity index (χ4v) is 3.44. The Morgan fingerprint density at radius 3 is 2.76 bits per heavy atom. The third-order valence-corrected chi connectivity index (χ3v) is 4.38. The van der Waals surface area contributed by atoms with Crippen LogP contribution in [0.3, 0.4) is 0 Å². The zero-order valence-electron chi connectivity index (χ0n) is 12.0. The summed E-state index contributed by atoms with van der Waals surface area (Å²) >= 11 is 1.55. The average Bonchev–Trinajstić information content (AvgIpc) is 3.05. The van der Waals surface area contributed by atoms with Crippen LogP contribution in [0.5, 0.6) is 0 Å². The van der Waals surface area contributed by atoms with Crippen molar-refractivity contribution >= 4 is 22.4 Å². The first-order chi connectivity index (χ1) is 10.2. The number of thiazole rings is 1. The van der Waals surface area contributed by atoms with E-state index in [4.69, 9.17) is 4.74 Å². The van der Waals surface area contributed by atoms with Crippen molar-refractivity contribution in [2.75, 3.05) is 11.9 Å². The zero-order valence-corrected chi connectivity index (χ0v) is 12.8. The Labute approximate surface area is 128 Å². The molecule has 0 saturated heterocycles. The van der Waals surface area contributed by atoms with Crippen molar-refractivity contribution in [1.29, 1.82) is 0 Å². The van der Waals surface area contributed by atoms with Gasteiger partial charge in [0.1, 0.15) is 0 Å². The molecule has 4 nitrogen and oxygen atoms in total. The molecule has 0 spiro atoms. The fraction of sp³-hybridized carbons (Fsp3) is 0.375. The van der Waals surface area contributed by atoms with E-state index in [1.807, 2.05) is 12.3 Å². The zero-order chi connectivity index (χ0) is 14.7. The number of ether oxygens (including phenoxy) is 1. The molecule has 0 bridgehead atoms. The van der Waals surface area contributed by atoms with Crippen molar-refractivity contribution in [2.45, 2.75) is 32.2 Å². The monoisotopic (exact) mass is 302 g/mol. The molecule has 21 heavy (non-hydrogen) atoms. The van der Waals surface area contributed by atoms with Crippen molar-refractivity contribution in [1.82, 2.24) is 4.98 Å². The van der Waals surface area contributed by atoms with Crippen LogP contribution >= 0.6 is 11.3 Å². The van der Waals surface area contributed by atoms with Crippen LogP contribution in [0.4, 0.5) is 5.13 Å². The largest absolute Gasteiger partial charge is 0.466 e. The molecular formula is C16H18N2O2S. The van der Waals surface area contributed by atoms with E-state index in [1.165, 1.54) is 11.1 Å². The lowest BCUT2D eigenvalue weighted by molar-refractivity contribution is -0.142. The van der Waals surface area contributed by atoms with Gasteiger partial charge in [-0.15, -0.1) is 11.3 Å². The van der Waals surface area contributed by atoms with Gasteiger partial charge in [-0.1, -0.05) is 24.3 Å². The first kappa shape index (κ1) is 14.1. The molecule has 1 aromatic heterocycles. The van der Waals surface area contributed by atoms with Gasteiger partial charge in [0, 0.05) is 11.4 Å². The molecule has 110 valence electrons. The quantitative estimate of drug-likeness (QED) is 0.863. The van der Waals surface area contributed by atoms with E-state index in [9.17, 15) is 4.79 Å². The molecule has 1 aliphatic rings. The smallest absolute Gasteiger partial charge is 0.311 e. The third-order valence-electron chi connectivity index (χ3n) is 3.56. The summed E-state index contributed by atoms with van der Waals surface area (Å²) in [6, 6.07) is 8.93. The number of nitrogens with zero attached hydrogens (tertiary/aromatic N) is 1.